The fraction of sp³-hybridized carbons (Fsp3) is 0.605. The van der Waals surface area contributed by atoms with Crippen LogP contribution in [-0.2, 0) is 24.0 Å². The second-order valence-corrected chi connectivity index (χ2v) is 15.9. The maximum absolute atomic E-state index is 14.1. The fourth-order valence-corrected chi connectivity index (χ4v) is 7.30. The number of Topliss-reactive ketones (excluding diaryl/α,β-unsaturated/α-hetero) is 3. The number of carbonyl (C=O) groups excluding carboxylic acids is 7. The molecule has 5 atom stereocenters. The normalized spacial score (nSPS) is 20.0. The number of guanidine groups is 1. The van der Waals surface area contributed by atoms with Gasteiger partial charge in [0.25, 0.3) is 5.91 Å². The Morgan fingerprint density at radius 2 is 1.76 bits per heavy atom. The van der Waals surface area contributed by atoms with Gasteiger partial charge in [0.1, 0.15) is 0 Å². The lowest BCUT2D eigenvalue weighted by molar-refractivity contribution is -0.134. The number of nitrogens with two attached hydrogens (primary N) is 2. The van der Waals surface area contributed by atoms with Crippen molar-refractivity contribution in [2.24, 2.45) is 40.1 Å². The van der Waals surface area contributed by atoms with Gasteiger partial charge in [-0.2, -0.15) is 0 Å². The molecule has 1 aromatic heterocycles. The fourth-order valence-electron chi connectivity index (χ4n) is 6.30. The summed E-state index contributed by atoms with van der Waals surface area (Å²) < 4.78 is 0.566. The van der Waals surface area contributed by atoms with Gasteiger partial charge < -0.3 is 32.7 Å². The summed E-state index contributed by atoms with van der Waals surface area (Å²) in [6.45, 7) is 11.2. The number of hydrogen-bond donors (Lipinski definition) is 6. The molecule has 0 aliphatic carbocycles. The lowest BCUT2D eigenvalue weighted by Gasteiger charge is -2.25. The molecule has 1 fully saturated rings. The van der Waals surface area contributed by atoms with Gasteiger partial charge in [-0.1, -0.05) is 41.0 Å². The minimum atomic E-state index is -1.04. The van der Waals surface area contributed by atoms with Gasteiger partial charge in [-0.25, -0.2) is 4.98 Å². The van der Waals surface area contributed by atoms with Crippen LogP contribution in [0.4, 0.5) is 0 Å². The summed E-state index contributed by atoms with van der Waals surface area (Å²) in [4.78, 5) is 101. The van der Waals surface area contributed by atoms with E-state index in [0.29, 0.717) is 54.4 Å². The van der Waals surface area contributed by atoms with Crippen molar-refractivity contribution in [1.82, 2.24) is 26.3 Å². The Morgan fingerprint density at radius 3 is 2.41 bits per heavy atom. The number of amides is 4. The van der Waals surface area contributed by atoms with Crippen LogP contribution in [0.2, 0.25) is 0 Å². The maximum atomic E-state index is 14.1. The summed E-state index contributed by atoms with van der Waals surface area (Å²) in [5.41, 5.74) is 11.8. The van der Waals surface area contributed by atoms with Gasteiger partial charge in [-0.15, -0.1) is 11.3 Å². The van der Waals surface area contributed by atoms with Gasteiger partial charge in [0.05, 0.1) is 28.3 Å². The molecular weight excluding hydrogens is 713 g/mol. The number of rotatable bonds is 14. The van der Waals surface area contributed by atoms with Gasteiger partial charge in [0, 0.05) is 43.3 Å². The average Bonchev–Trinajstić information content (AvgIpc) is 3.53. The topological polar surface area (TPSA) is 245 Å². The van der Waals surface area contributed by atoms with Crippen molar-refractivity contribution >= 4 is 68.5 Å². The maximum Gasteiger partial charge on any atom is 0.251 e. The molecule has 1 saturated heterocycles. The highest BCUT2D eigenvalue weighted by atomic mass is 32.1. The molecule has 4 amide bonds. The van der Waals surface area contributed by atoms with Crippen molar-refractivity contribution < 1.29 is 33.6 Å². The third-order valence-electron chi connectivity index (χ3n) is 9.30. The van der Waals surface area contributed by atoms with Crippen molar-refractivity contribution in [3.05, 3.63) is 28.8 Å². The Morgan fingerprint density at radius 1 is 1.04 bits per heavy atom. The van der Waals surface area contributed by atoms with Crippen LogP contribution in [0.3, 0.4) is 0 Å². The minimum absolute atomic E-state index is 0.00303. The zero-order valence-electron chi connectivity index (χ0n) is 32.2. The minimum Gasteiger partial charge on any atom is -0.370 e. The van der Waals surface area contributed by atoms with E-state index in [9.17, 15) is 33.6 Å². The summed E-state index contributed by atoms with van der Waals surface area (Å²) >= 11 is 1.07. The molecule has 2 aromatic rings. The highest BCUT2D eigenvalue weighted by Gasteiger charge is 2.33. The zero-order chi connectivity index (χ0) is 40.1. The number of aliphatic imine (C=N–C) groups is 1. The van der Waals surface area contributed by atoms with Crippen LogP contribution < -0.4 is 32.7 Å². The van der Waals surface area contributed by atoms with Crippen LogP contribution in [0.15, 0.2) is 23.2 Å². The summed E-state index contributed by atoms with van der Waals surface area (Å²) in [5.74, 6) is -4.10. The predicted octanol–water partition coefficient (Wildman–Crippen LogP) is 2.79. The largest absolute Gasteiger partial charge is 0.370 e. The molecule has 0 radical (unpaired) electrons. The Labute approximate surface area is 320 Å². The third-order valence-corrected chi connectivity index (χ3v) is 10.3. The number of carbonyl (C=O) groups is 7. The Bertz CT molecular complexity index is 1720. The van der Waals surface area contributed by atoms with E-state index >= 15 is 0 Å². The smallest absolute Gasteiger partial charge is 0.251 e. The lowest BCUT2D eigenvalue weighted by Crippen LogP contribution is -2.47. The molecule has 1 aliphatic heterocycles. The Hall–Kier alpha value is -4.73. The zero-order valence-corrected chi connectivity index (χ0v) is 33.0. The summed E-state index contributed by atoms with van der Waals surface area (Å²) in [6, 6.07) is 2.28. The van der Waals surface area contributed by atoms with Crippen LogP contribution in [0.5, 0.6) is 0 Å². The second-order valence-electron chi connectivity index (χ2n) is 14.9. The molecule has 16 heteroatoms. The van der Waals surface area contributed by atoms with Gasteiger partial charge in [0.2, 0.25) is 23.5 Å². The third kappa shape index (κ3) is 13.3. The number of fused-ring (bicyclic) bond motifs is 1. The summed E-state index contributed by atoms with van der Waals surface area (Å²) in [7, 11) is 0. The van der Waals surface area contributed by atoms with Crippen LogP contribution in [0.1, 0.15) is 113 Å². The molecule has 1 unspecified atom stereocenters. The van der Waals surface area contributed by atoms with Crippen molar-refractivity contribution in [1.29, 1.82) is 0 Å². The van der Waals surface area contributed by atoms with Crippen LogP contribution >= 0.6 is 11.3 Å². The first-order chi connectivity index (χ1) is 25.5. The Kier molecular flexibility index (Phi) is 16.7. The molecule has 0 spiro atoms. The molecule has 2 heterocycles. The van der Waals surface area contributed by atoms with Crippen molar-refractivity contribution in [3.63, 3.8) is 0 Å². The van der Waals surface area contributed by atoms with Crippen molar-refractivity contribution in [2.45, 2.75) is 111 Å². The molecule has 296 valence electrons. The first kappa shape index (κ1) is 43.7. The number of aromatic nitrogens is 1. The number of nitrogens with zero attached hydrogens (tertiary/aromatic N) is 2. The van der Waals surface area contributed by atoms with E-state index in [1.165, 1.54) is 6.92 Å². The molecule has 0 bridgehead atoms. The number of benzene rings is 1. The molecule has 0 saturated carbocycles. The number of nitrogens with one attached hydrogen (secondary N) is 4. The highest BCUT2D eigenvalue weighted by molar-refractivity contribution is 7.20. The second kappa shape index (κ2) is 20.7. The molecule has 8 N–H and O–H groups in total. The SMILES string of the molecule is CC(=O)C(NC(=O)c1ccc2nc(C(=O)[C@H](CCCN=C(N)N)NC(=O)[C@@H]3CCCCNC(=O)C[C@H](C)C(=O)N[C@@H](CC(C)C)C(=O)C3)sc2c1)C(C)C. The Balaban J connectivity index is 1.89. The van der Waals surface area contributed by atoms with Crippen molar-refractivity contribution in [3.8, 4) is 0 Å². The van der Waals surface area contributed by atoms with E-state index in [4.69, 9.17) is 11.5 Å². The molecule has 1 aliphatic rings. The van der Waals surface area contributed by atoms with Gasteiger partial charge in [0.15, 0.2) is 22.5 Å². The van der Waals surface area contributed by atoms with Gasteiger partial charge in [-0.05, 0) is 69.1 Å². The quantitative estimate of drug-likeness (QED) is 0.0710. The molecule has 3 rings (SSSR count). The molecule has 15 nitrogen and oxygen atoms in total. The van der Waals surface area contributed by atoms with Gasteiger partial charge >= 0.3 is 0 Å². The summed E-state index contributed by atoms with van der Waals surface area (Å²) in [6.07, 6.45) is 2.14. The van der Waals surface area contributed by atoms with E-state index in [2.05, 4.69) is 31.2 Å². The average molecular weight is 769 g/mol. The number of hydrogen-bond acceptors (Lipinski definition) is 10. The summed E-state index contributed by atoms with van der Waals surface area (Å²) in [5, 5.41) is 11.4. The van der Waals surface area contributed by atoms with E-state index < -0.39 is 53.5 Å². The molecule has 1 aromatic carbocycles. The predicted molar refractivity (Wildman–Crippen MR) is 208 cm³/mol. The number of thiazole rings is 1. The van der Waals surface area contributed by atoms with Crippen LogP contribution in [-0.4, -0.2) is 83.1 Å². The molecule has 54 heavy (non-hydrogen) atoms. The van der Waals surface area contributed by atoms with Crippen LogP contribution in [0.25, 0.3) is 10.2 Å². The first-order valence-corrected chi connectivity index (χ1v) is 19.5. The lowest BCUT2D eigenvalue weighted by atomic mass is 9.89. The van der Waals surface area contributed by atoms with E-state index in [0.717, 1.165) is 11.3 Å². The van der Waals surface area contributed by atoms with Gasteiger partial charge in [-0.3, -0.25) is 38.6 Å². The molecular formula is C38H56N8O7S. The number of ketones is 3. The highest BCUT2D eigenvalue weighted by Crippen LogP contribution is 2.26. The van der Waals surface area contributed by atoms with E-state index in [1.54, 1.807) is 25.1 Å². The van der Waals surface area contributed by atoms with Crippen LogP contribution in [0, 0.1) is 23.7 Å². The first-order valence-electron chi connectivity index (χ1n) is 18.7. The standard InChI is InChI=1S/C38H56N8O7S/c1-20(2)16-28-29(48)18-24(10-7-8-14-41-31(49)17-22(5)34(51)44-28)35(52)43-27(11-9-15-42-38(39)40)33(50)37-45-26-13-12-25(19-30(26)54-37)36(53)46-32(21(3)4)23(6)47/h12-13,19-22,24,27-28,32H,7-11,14-18H2,1-6H3,(H,41,49)(H,43,52)(H,44,51)(H,46,53)(H4,39,40,42)/t22-,24+,27-,28-,32?/m0/s1. The van der Waals surface area contributed by atoms with Crippen molar-refractivity contribution in [2.75, 3.05) is 13.1 Å². The van der Waals surface area contributed by atoms with E-state index in [1.807, 2.05) is 27.7 Å². The van der Waals surface area contributed by atoms with E-state index in [-0.39, 0.29) is 66.1 Å². The monoisotopic (exact) mass is 768 g/mol.